The molecule has 110 valence electrons. The lowest BCUT2D eigenvalue weighted by Gasteiger charge is -2.25. The minimum absolute atomic E-state index is 0.0344. The van der Waals surface area contributed by atoms with Gasteiger partial charge in [0.15, 0.2) is 0 Å². The number of hydrogen-bond acceptors (Lipinski definition) is 2. The molecule has 1 amide bonds. The third kappa shape index (κ3) is 4.32. The summed E-state index contributed by atoms with van der Waals surface area (Å²) < 4.78 is 5.78. The van der Waals surface area contributed by atoms with Gasteiger partial charge in [0.1, 0.15) is 19.2 Å². The van der Waals surface area contributed by atoms with Crippen LogP contribution in [0.4, 0.5) is 0 Å². The van der Waals surface area contributed by atoms with Gasteiger partial charge in [0.25, 0.3) is 5.91 Å². The molecule has 1 aliphatic rings. The Kier molecular flexibility index (Phi) is 5.56. The van der Waals surface area contributed by atoms with E-state index in [9.17, 15) is 4.79 Å². The summed E-state index contributed by atoms with van der Waals surface area (Å²) in [5, 5.41) is 2.63. The number of amides is 1. The van der Waals surface area contributed by atoms with E-state index in [1.165, 1.54) is 29.7 Å². The Balaban J connectivity index is 1.84. The van der Waals surface area contributed by atoms with Crippen LogP contribution in [0.3, 0.4) is 0 Å². The molecule has 0 saturated carbocycles. The zero-order chi connectivity index (χ0) is 14.4. The number of carbonyl (C=O) groups excluding carboxylic acids is 1. The van der Waals surface area contributed by atoms with E-state index in [1.54, 1.807) is 7.05 Å². The molecule has 0 spiro atoms. The molecule has 1 aromatic carbocycles. The van der Waals surface area contributed by atoms with Crippen molar-refractivity contribution in [1.29, 1.82) is 0 Å². The summed E-state index contributed by atoms with van der Waals surface area (Å²) in [6, 6.07) is 7.85. The first-order chi connectivity index (χ1) is 9.69. The van der Waals surface area contributed by atoms with Crippen molar-refractivity contribution in [2.45, 2.75) is 31.9 Å². The molecule has 4 nitrogen and oxygen atoms in total. The van der Waals surface area contributed by atoms with Gasteiger partial charge in [-0.15, -0.1) is 0 Å². The molecule has 4 heteroatoms. The maximum atomic E-state index is 11.5. The minimum atomic E-state index is -0.0344. The van der Waals surface area contributed by atoms with Gasteiger partial charge in [0.2, 0.25) is 0 Å². The van der Waals surface area contributed by atoms with Crippen molar-refractivity contribution in [3.63, 3.8) is 0 Å². The van der Waals surface area contributed by atoms with E-state index in [4.69, 9.17) is 4.74 Å². The van der Waals surface area contributed by atoms with Gasteiger partial charge in [0.05, 0.1) is 7.05 Å². The van der Waals surface area contributed by atoms with Crippen LogP contribution in [0, 0.1) is 0 Å². The second kappa shape index (κ2) is 7.41. The van der Waals surface area contributed by atoms with E-state index < -0.39 is 0 Å². The summed E-state index contributed by atoms with van der Waals surface area (Å²) in [4.78, 5) is 12.9. The smallest absolute Gasteiger partial charge is 0.251 e. The second-order valence-electron chi connectivity index (χ2n) is 5.60. The van der Waals surface area contributed by atoms with Gasteiger partial charge >= 0.3 is 0 Å². The number of rotatable bonds is 5. The molecule has 2 atom stereocenters. The predicted octanol–water partition coefficient (Wildman–Crippen LogP) is 0.630. The summed E-state index contributed by atoms with van der Waals surface area (Å²) in [6.07, 6.45) is 4.09. The first-order valence-corrected chi connectivity index (χ1v) is 7.43. The van der Waals surface area contributed by atoms with Gasteiger partial charge < -0.3 is 15.0 Å². The van der Waals surface area contributed by atoms with Crippen molar-refractivity contribution in [3.8, 4) is 0 Å². The Morgan fingerprint density at radius 3 is 2.70 bits per heavy atom. The van der Waals surface area contributed by atoms with E-state index >= 15 is 0 Å². The highest BCUT2D eigenvalue weighted by Gasteiger charge is 2.18. The first kappa shape index (κ1) is 15.0. The standard InChI is InChI=1S/C16H24N2O2/c1-17-16(19)14-8-6-13(7-9-14)11-18(2)12-15-5-3-4-10-20-15/h6-9,15H,3-5,10-12H2,1-2H3,(H,17,19)/p+1/t15-/m1/s1. The monoisotopic (exact) mass is 277 g/mol. The average Bonchev–Trinajstić information content (AvgIpc) is 2.48. The molecular weight excluding hydrogens is 252 g/mol. The van der Waals surface area contributed by atoms with Crippen LogP contribution >= 0.6 is 0 Å². The largest absolute Gasteiger partial charge is 0.372 e. The fraction of sp³-hybridized carbons (Fsp3) is 0.562. The van der Waals surface area contributed by atoms with Crippen LogP contribution in [0.5, 0.6) is 0 Å². The molecule has 0 aliphatic carbocycles. The van der Waals surface area contributed by atoms with E-state index in [0.29, 0.717) is 11.7 Å². The molecule has 2 rings (SSSR count). The van der Waals surface area contributed by atoms with Crippen LogP contribution in [-0.4, -0.2) is 39.3 Å². The fourth-order valence-corrected chi connectivity index (χ4v) is 2.70. The molecule has 2 N–H and O–H groups in total. The average molecular weight is 277 g/mol. The molecule has 1 saturated heterocycles. The maximum Gasteiger partial charge on any atom is 0.251 e. The van der Waals surface area contributed by atoms with Crippen LogP contribution in [0.1, 0.15) is 35.2 Å². The number of nitrogens with one attached hydrogen (secondary N) is 2. The zero-order valence-electron chi connectivity index (χ0n) is 12.4. The second-order valence-corrected chi connectivity index (χ2v) is 5.60. The third-order valence-corrected chi connectivity index (χ3v) is 3.80. The molecule has 0 radical (unpaired) electrons. The molecule has 1 aromatic rings. The van der Waals surface area contributed by atoms with Crippen molar-refractivity contribution in [2.24, 2.45) is 0 Å². The van der Waals surface area contributed by atoms with Crippen LogP contribution in [0.2, 0.25) is 0 Å². The maximum absolute atomic E-state index is 11.5. The normalized spacial score (nSPS) is 20.4. The number of ether oxygens (including phenoxy) is 1. The minimum Gasteiger partial charge on any atom is -0.372 e. The SMILES string of the molecule is CNC(=O)c1ccc(C[NH+](C)C[C@H]2CCCCO2)cc1. The summed E-state index contributed by atoms with van der Waals surface area (Å²) in [5.74, 6) is -0.0344. The number of carbonyl (C=O) groups is 1. The van der Waals surface area contributed by atoms with Gasteiger partial charge in [-0.2, -0.15) is 0 Å². The van der Waals surface area contributed by atoms with Crippen LogP contribution in [0.25, 0.3) is 0 Å². The topological polar surface area (TPSA) is 42.8 Å². The zero-order valence-corrected chi connectivity index (χ0v) is 12.4. The number of hydrogen-bond donors (Lipinski definition) is 2. The Labute approximate surface area is 121 Å². The van der Waals surface area contributed by atoms with Crippen LogP contribution < -0.4 is 10.2 Å². The summed E-state index contributed by atoms with van der Waals surface area (Å²) in [7, 11) is 3.85. The molecule has 1 heterocycles. The number of benzene rings is 1. The van der Waals surface area contributed by atoms with Crippen molar-refractivity contribution in [2.75, 3.05) is 27.2 Å². The lowest BCUT2D eigenvalue weighted by molar-refractivity contribution is -0.897. The Bertz CT molecular complexity index is 425. The van der Waals surface area contributed by atoms with Gasteiger partial charge in [-0.25, -0.2) is 0 Å². The Morgan fingerprint density at radius 1 is 1.35 bits per heavy atom. The molecule has 1 fully saturated rings. The highest BCUT2D eigenvalue weighted by molar-refractivity contribution is 5.93. The van der Waals surface area contributed by atoms with E-state index in [2.05, 4.69) is 12.4 Å². The van der Waals surface area contributed by atoms with Crippen molar-refractivity contribution in [3.05, 3.63) is 35.4 Å². The molecular formula is C16H25N2O2+. The van der Waals surface area contributed by atoms with Gasteiger partial charge in [-0.1, -0.05) is 12.1 Å². The quantitative estimate of drug-likeness (QED) is 0.829. The highest BCUT2D eigenvalue weighted by atomic mass is 16.5. The van der Waals surface area contributed by atoms with Crippen molar-refractivity contribution < 1.29 is 14.4 Å². The van der Waals surface area contributed by atoms with E-state index in [0.717, 1.165) is 19.7 Å². The van der Waals surface area contributed by atoms with Crippen molar-refractivity contribution in [1.82, 2.24) is 5.32 Å². The van der Waals surface area contributed by atoms with E-state index in [-0.39, 0.29) is 5.91 Å². The lowest BCUT2D eigenvalue weighted by Crippen LogP contribution is -3.08. The predicted molar refractivity (Wildman–Crippen MR) is 78.9 cm³/mol. The summed E-state index contributed by atoms with van der Waals surface area (Å²) in [6.45, 7) is 2.93. The number of quaternary nitrogens is 1. The fourth-order valence-electron chi connectivity index (χ4n) is 2.70. The van der Waals surface area contributed by atoms with E-state index in [1.807, 2.05) is 24.3 Å². The third-order valence-electron chi connectivity index (χ3n) is 3.80. The molecule has 1 unspecified atom stereocenters. The molecule has 1 aliphatic heterocycles. The Morgan fingerprint density at radius 2 is 2.10 bits per heavy atom. The van der Waals surface area contributed by atoms with Crippen molar-refractivity contribution >= 4 is 5.91 Å². The van der Waals surface area contributed by atoms with Gasteiger partial charge in [0, 0.05) is 24.8 Å². The first-order valence-electron chi connectivity index (χ1n) is 7.43. The van der Waals surface area contributed by atoms with Gasteiger partial charge in [-0.05, 0) is 31.4 Å². The molecule has 0 aromatic heterocycles. The molecule has 0 bridgehead atoms. The summed E-state index contributed by atoms with van der Waals surface area (Å²) >= 11 is 0. The molecule has 20 heavy (non-hydrogen) atoms. The number of likely N-dealkylation sites (N-methyl/N-ethyl adjacent to an activating group) is 1. The highest BCUT2D eigenvalue weighted by Crippen LogP contribution is 2.11. The lowest BCUT2D eigenvalue weighted by atomic mass is 10.1. The van der Waals surface area contributed by atoms with Gasteiger partial charge in [-0.3, -0.25) is 4.79 Å². The summed E-state index contributed by atoms with van der Waals surface area (Å²) in [5.41, 5.74) is 1.97. The van der Waals surface area contributed by atoms with Crippen LogP contribution in [-0.2, 0) is 11.3 Å². The Hall–Kier alpha value is -1.39. The van der Waals surface area contributed by atoms with Crippen LogP contribution in [0.15, 0.2) is 24.3 Å².